The minimum Gasteiger partial charge on any atom is -0.377 e. The lowest BCUT2D eigenvalue weighted by Crippen LogP contribution is -2.57. The molecule has 0 bridgehead atoms. The molecule has 0 spiro atoms. The number of sulfonamides is 1. The zero-order valence-electron chi connectivity index (χ0n) is 19.3. The first kappa shape index (κ1) is 24.1. The third-order valence-electron chi connectivity index (χ3n) is 6.97. The molecular weight excluding hydrogens is 476 g/mol. The van der Waals surface area contributed by atoms with Crippen molar-refractivity contribution in [1.29, 1.82) is 0 Å². The summed E-state index contributed by atoms with van der Waals surface area (Å²) in [5.74, 6) is -1.26. The number of nitrogens with zero attached hydrogens (tertiary/aromatic N) is 2. The van der Waals surface area contributed by atoms with Crippen LogP contribution in [-0.2, 0) is 33.4 Å². The van der Waals surface area contributed by atoms with Crippen LogP contribution in [-0.4, -0.2) is 37.1 Å². The molecule has 2 aromatic carbocycles. The molecule has 2 atom stereocenters. The predicted molar refractivity (Wildman–Crippen MR) is 125 cm³/mol. The fourth-order valence-corrected chi connectivity index (χ4v) is 7.03. The Kier molecular flexibility index (Phi) is 6.47. The molecular formula is C25H27F2N3O4S. The van der Waals surface area contributed by atoms with Gasteiger partial charge in [-0.05, 0) is 37.5 Å². The van der Waals surface area contributed by atoms with Crippen molar-refractivity contribution < 1.29 is 26.5 Å². The smallest absolute Gasteiger partial charge is 0.221 e. The van der Waals surface area contributed by atoms with Crippen molar-refractivity contribution in [3.63, 3.8) is 0 Å². The fraction of sp³-hybridized carbons (Fsp3) is 0.400. The topological polar surface area (TPSA) is 84.7 Å². The minimum atomic E-state index is -3.76. The zero-order chi connectivity index (χ0) is 24.6. The normalized spacial score (nSPS) is 23.6. The predicted octanol–water partition coefficient (Wildman–Crippen LogP) is 4.02. The fourth-order valence-electron chi connectivity index (χ4n) is 4.84. The highest BCUT2D eigenvalue weighted by Gasteiger charge is 2.44. The maximum atomic E-state index is 15.3. The summed E-state index contributed by atoms with van der Waals surface area (Å²) < 4.78 is 69.0. The van der Waals surface area contributed by atoms with Crippen molar-refractivity contribution >= 4 is 10.0 Å². The van der Waals surface area contributed by atoms with E-state index in [1.807, 2.05) is 6.07 Å². The Morgan fingerprint density at radius 2 is 1.89 bits per heavy atom. The van der Waals surface area contributed by atoms with Crippen molar-refractivity contribution in [2.45, 2.75) is 49.7 Å². The molecule has 10 heteroatoms. The molecule has 2 aliphatic heterocycles. The highest BCUT2D eigenvalue weighted by Crippen LogP contribution is 2.39. The summed E-state index contributed by atoms with van der Waals surface area (Å²) in [6, 6.07) is 12.6. The first-order valence-electron chi connectivity index (χ1n) is 11.6. The van der Waals surface area contributed by atoms with Gasteiger partial charge in [0.2, 0.25) is 10.0 Å². The van der Waals surface area contributed by atoms with Gasteiger partial charge in [0.15, 0.2) is 0 Å². The lowest BCUT2D eigenvalue weighted by atomic mass is 9.86. The third kappa shape index (κ3) is 4.51. The molecule has 0 unspecified atom stereocenters. The van der Waals surface area contributed by atoms with E-state index in [1.54, 1.807) is 37.3 Å². The van der Waals surface area contributed by atoms with Crippen molar-refractivity contribution in [2.75, 3.05) is 13.2 Å². The molecule has 35 heavy (non-hydrogen) atoms. The number of nitrogens with one attached hydrogen (secondary N) is 1. The molecule has 0 radical (unpaired) electrons. The van der Waals surface area contributed by atoms with E-state index >= 15 is 8.78 Å². The second-order valence-electron chi connectivity index (χ2n) is 9.26. The Labute approximate surface area is 203 Å². The lowest BCUT2D eigenvalue weighted by molar-refractivity contribution is -0.0815. The van der Waals surface area contributed by atoms with Crippen molar-refractivity contribution in [3.05, 3.63) is 88.8 Å². The Morgan fingerprint density at radius 1 is 1.11 bits per heavy atom. The van der Waals surface area contributed by atoms with Crippen LogP contribution in [0.15, 0.2) is 59.3 Å². The maximum absolute atomic E-state index is 15.3. The average Bonchev–Trinajstić information content (AvgIpc) is 3.32. The quantitative estimate of drug-likeness (QED) is 0.524. The Hall–Kier alpha value is -2.66. The summed E-state index contributed by atoms with van der Waals surface area (Å²) in [7, 11) is -3.76. The average molecular weight is 504 g/mol. The minimum absolute atomic E-state index is 0.00211. The highest BCUT2D eigenvalue weighted by atomic mass is 32.2. The molecule has 2 saturated heterocycles. The second kappa shape index (κ2) is 9.42. The number of ether oxygens (including phenoxy) is 1. The molecule has 1 N–H and O–H groups in total. The van der Waals surface area contributed by atoms with Crippen LogP contribution < -0.4 is 5.32 Å². The number of hydrogen-bond donors (Lipinski definition) is 1. The highest BCUT2D eigenvalue weighted by molar-refractivity contribution is 7.89. The lowest BCUT2D eigenvalue weighted by Gasteiger charge is -2.43. The molecule has 5 rings (SSSR count). The first-order valence-corrected chi connectivity index (χ1v) is 13.1. The van der Waals surface area contributed by atoms with Gasteiger partial charge in [0.25, 0.3) is 0 Å². The van der Waals surface area contributed by atoms with Crippen LogP contribution in [0, 0.1) is 11.6 Å². The number of benzene rings is 2. The SMILES string of the molecule is C[C@H]1CC[C@H](c2ccccc2)S(=O)(=O)N1Cc1cc(F)c(C2(NCc3ccon3)COC2)cc1F. The van der Waals surface area contributed by atoms with Crippen molar-refractivity contribution in [1.82, 2.24) is 14.8 Å². The van der Waals surface area contributed by atoms with Gasteiger partial charge in [-0.25, -0.2) is 17.2 Å². The van der Waals surface area contributed by atoms with E-state index in [2.05, 4.69) is 10.5 Å². The van der Waals surface area contributed by atoms with E-state index in [-0.39, 0.29) is 36.9 Å². The number of rotatable bonds is 7. The van der Waals surface area contributed by atoms with Crippen LogP contribution in [0.3, 0.4) is 0 Å². The Bertz CT molecular complexity index is 1280. The monoisotopic (exact) mass is 503 g/mol. The summed E-state index contributed by atoms with van der Waals surface area (Å²) in [5.41, 5.74) is 0.584. The van der Waals surface area contributed by atoms with E-state index in [0.29, 0.717) is 30.6 Å². The number of halogens is 2. The van der Waals surface area contributed by atoms with E-state index in [1.165, 1.54) is 10.6 Å². The molecule has 7 nitrogen and oxygen atoms in total. The van der Waals surface area contributed by atoms with Crippen molar-refractivity contribution in [2.24, 2.45) is 0 Å². The van der Waals surface area contributed by atoms with E-state index in [9.17, 15) is 8.42 Å². The molecule has 3 heterocycles. The van der Waals surface area contributed by atoms with E-state index in [4.69, 9.17) is 9.26 Å². The Morgan fingerprint density at radius 3 is 2.54 bits per heavy atom. The van der Waals surface area contributed by atoms with Gasteiger partial charge in [-0.3, -0.25) is 5.32 Å². The molecule has 0 aliphatic carbocycles. The molecule has 0 saturated carbocycles. The number of aromatic nitrogens is 1. The maximum Gasteiger partial charge on any atom is 0.221 e. The van der Waals surface area contributed by atoms with Crippen LogP contribution in [0.2, 0.25) is 0 Å². The third-order valence-corrected chi connectivity index (χ3v) is 9.34. The molecule has 3 aromatic rings. The van der Waals surface area contributed by atoms with Crippen molar-refractivity contribution in [3.8, 4) is 0 Å². The molecule has 2 aliphatic rings. The first-order chi connectivity index (χ1) is 16.8. The van der Waals surface area contributed by atoms with Gasteiger partial charge in [0.1, 0.15) is 23.1 Å². The summed E-state index contributed by atoms with van der Waals surface area (Å²) in [4.78, 5) is 0. The largest absolute Gasteiger partial charge is 0.377 e. The van der Waals surface area contributed by atoms with E-state index < -0.39 is 32.4 Å². The summed E-state index contributed by atoms with van der Waals surface area (Å²) in [5, 5.41) is 6.33. The summed E-state index contributed by atoms with van der Waals surface area (Å²) in [6.07, 6.45) is 2.56. The summed E-state index contributed by atoms with van der Waals surface area (Å²) in [6.45, 7) is 2.22. The van der Waals surface area contributed by atoms with Gasteiger partial charge in [-0.15, -0.1) is 0 Å². The molecule has 0 amide bonds. The standard InChI is InChI=1S/C25H27F2N3O4S/c1-17-7-8-24(18-5-3-2-4-6-18)35(31,32)30(17)14-19-11-23(27)21(12-22(19)26)25(15-33-16-25)28-13-20-9-10-34-29-20/h2-6,9-12,17,24,28H,7-8,13-16H2,1H3/t17-,24+/m0/s1. The van der Waals surface area contributed by atoms with Crippen LogP contribution in [0.5, 0.6) is 0 Å². The van der Waals surface area contributed by atoms with Gasteiger partial charge in [0.05, 0.1) is 24.4 Å². The van der Waals surface area contributed by atoms with Gasteiger partial charge in [0, 0.05) is 36.3 Å². The van der Waals surface area contributed by atoms with Crippen LogP contribution in [0.4, 0.5) is 8.78 Å². The van der Waals surface area contributed by atoms with Gasteiger partial charge in [-0.2, -0.15) is 4.31 Å². The molecule has 1 aromatic heterocycles. The molecule has 2 fully saturated rings. The number of hydrogen-bond acceptors (Lipinski definition) is 6. The van der Waals surface area contributed by atoms with Crippen LogP contribution >= 0.6 is 0 Å². The van der Waals surface area contributed by atoms with Gasteiger partial charge < -0.3 is 9.26 Å². The van der Waals surface area contributed by atoms with Crippen LogP contribution in [0.25, 0.3) is 0 Å². The van der Waals surface area contributed by atoms with Crippen LogP contribution in [0.1, 0.15) is 47.4 Å². The second-order valence-corrected chi connectivity index (χ2v) is 11.3. The van der Waals surface area contributed by atoms with Gasteiger partial charge in [-0.1, -0.05) is 35.5 Å². The summed E-state index contributed by atoms with van der Waals surface area (Å²) >= 11 is 0. The zero-order valence-corrected chi connectivity index (χ0v) is 20.1. The van der Waals surface area contributed by atoms with E-state index in [0.717, 1.165) is 12.1 Å². The molecule has 186 valence electrons. The van der Waals surface area contributed by atoms with Gasteiger partial charge >= 0.3 is 0 Å². The Balaban J connectivity index is 1.40.